The van der Waals surface area contributed by atoms with Crippen LogP contribution in [-0.2, 0) is 0 Å². The van der Waals surface area contributed by atoms with Crippen LogP contribution in [0.25, 0.3) is 0 Å². The maximum absolute atomic E-state index is 12.1. The summed E-state index contributed by atoms with van der Waals surface area (Å²) in [5.74, 6) is -1.18. The van der Waals surface area contributed by atoms with Crippen LogP contribution >= 0.6 is 0 Å². The van der Waals surface area contributed by atoms with Gasteiger partial charge in [-0.1, -0.05) is 0 Å². The maximum atomic E-state index is 12.1. The zero-order valence-corrected chi connectivity index (χ0v) is 10.2. The van der Waals surface area contributed by atoms with Gasteiger partial charge in [0, 0.05) is 32.4 Å². The third-order valence-corrected chi connectivity index (χ3v) is 3.02. The fourth-order valence-electron chi connectivity index (χ4n) is 1.82. The Morgan fingerprint density at radius 3 is 2.39 bits per heavy atom. The molecule has 0 unspecified atom stereocenters. The zero-order valence-electron chi connectivity index (χ0n) is 10.2. The number of piperazine rings is 1. The van der Waals surface area contributed by atoms with Gasteiger partial charge in [-0.15, -0.1) is 0 Å². The number of amides is 1. The smallest absolute Gasteiger partial charge is 0.337 e. The van der Waals surface area contributed by atoms with Gasteiger partial charge in [-0.05, 0) is 19.2 Å². The highest BCUT2D eigenvalue weighted by Gasteiger charge is 2.21. The molecule has 96 valence electrons. The lowest BCUT2D eigenvalue weighted by molar-refractivity contribution is 0.0653. The highest BCUT2D eigenvalue weighted by molar-refractivity contribution is 5.93. The highest BCUT2D eigenvalue weighted by Crippen LogP contribution is 2.07. The Balaban J connectivity index is 2.07. The first-order valence-electron chi connectivity index (χ1n) is 5.75. The number of hydrogen-bond acceptors (Lipinski definition) is 4. The quantitative estimate of drug-likeness (QED) is 0.808. The summed E-state index contributed by atoms with van der Waals surface area (Å²) in [6, 6.07) is 2.86. The summed E-state index contributed by atoms with van der Waals surface area (Å²) >= 11 is 0. The van der Waals surface area contributed by atoms with Crippen molar-refractivity contribution in [3.05, 3.63) is 29.6 Å². The summed E-state index contributed by atoms with van der Waals surface area (Å²) in [6.45, 7) is 3.05. The standard InChI is InChI=1S/C12H15N3O3/c1-14-4-6-15(7-5-14)11(16)10-3-2-9(8-13-10)12(17)18/h2-3,8H,4-7H2,1H3,(H,17,18). The van der Waals surface area contributed by atoms with E-state index < -0.39 is 5.97 Å². The van der Waals surface area contributed by atoms with Gasteiger partial charge in [-0.25, -0.2) is 4.79 Å². The number of aromatic nitrogens is 1. The Morgan fingerprint density at radius 2 is 1.89 bits per heavy atom. The van der Waals surface area contributed by atoms with Crippen molar-refractivity contribution in [3.63, 3.8) is 0 Å². The molecular formula is C12H15N3O3. The molecule has 0 bridgehead atoms. The van der Waals surface area contributed by atoms with Crippen LogP contribution in [0.4, 0.5) is 0 Å². The van der Waals surface area contributed by atoms with Crippen molar-refractivity contribution in [3.8, 4) is 0 Å². The van der Waals surface area contributed by atoms with Crippen molar-refractivity contribution in [2.45, 2.75) is 0 Å². The second-order valence-electron chi connectivity index (χ2n) is 4.33. The molecule has 0 spiro atoms. The molecule has 6 heteroatoms. The first-order chi connectivity index (χ1) is 8.58. The van der Waals surface area contributed by atoms with E-state index in [4.69, 9.17) is 5.11 Å². The molecule has 1 aromatic rings. The van der Waals surface area contributed by atoms with Crippen LogP contribution in [0.3, 0.4) is 0 Å². The number of likely N-dealkylation sites (N-methyl/N-ethyl adjacent to an activating group) is 1. The van der Waals surface area contributed by atoms with Gasteiger partial charge in [0.05, 0.1) is 5.56 Å². The molecule has 1 saturated heterocycles. The molecule has 0 saturated carbocycles. The minimum atomic E-state index is -1.04. The van der Waals surface area contributed by atoms with Gasteiger partial charge in [-0.2, -0.15) is 0 Å². The molecule has 1 amide bonds. The molecule has 0 atom stereocenters. The zero-order chi connectivity index (χ0) is 13.1. The third kappa shape index (κ3) is 2.65. The van der Waals surface area contributed by atoms with E-state index in [1.807, 2.05) is 7.05 Å². The van der Waals surface area contributed by atoms with Crippen molar-refractivity contribution in [2.24, 2.45) is 0 Å². The highest BCUT2D eigenvalue weighted by atomic mass is 16.4. The lowest BCUT2D eigenvalue weighted by Gasteiger charge is -2.32. The third-order valence-electron chi connectivity index (χ3n) is 3.02. The van der Waals surface area contributed by atoms with Crippen LogP contribution in [0.1, 0.15) is 20.8 Å². The van der Waals surface area contributed by atoms with E-state index in [2.05, 4.69) is 9.88 Å². The van der Waals surface area contributed by atoms with Crippen LogP contribution in [0, 0.1) is 0 Å². The number of rotatable bonds is 2. The molecule has 6 nitrogen and oxygen atoms in total. The van der Waals surface area contributed by atoms with E-state index >= 15 is 0 Å². The van der Waals surface area contributed by atoms with Crippen molar-refractivity contribution >= 4 is 11.9 Å². The van der Waals surface area contributed by atoms with Gasteiger partial charge < -0.3 is 14.9 Å². The Hall–Kier alpha value is -1.95. The van der Waals surface area contributed by atoms with Crippen LogP contribution in [-0.4, -0.2) is 65.0 Å². The van der Waals surface area contributed by atoms with E-state index in [0.717, 1.165) is 13.1 Å². The first kappa shape index (κ1) is 12.5. The lowest BCUT2D eigenvalue weighted by Crippen LogP contribution is -2.47. The molecule has 1 fully saturated rings. The first-order valence-corrected chi connectivity index (χ1v) is 5.75. The normalized spacial score (nSPS) is 16.6. The molecule has 1 aromatic heterocycles. The molecule has 2 heterocycles. The van der Waals surface area contributed by atoms with Gasteiger partial charge in [0.1, 0.15) is 5.69 Å². The maximum Gasteiger partial charge on any atom is 0.337 e. The van der Waals surface area contributed by atoms with Crippen molar-refractivity contribution in [1.82, 2.24) is 14.8 Å². The molecule has 1 N–H and O–H groups in total. The fraction of sp³-hybridized carbons (Fsp3) is 0.417. The number of pyridine rings is 1. The van der Waals surface area contributed by atoms with Gasteiger partial charge in [0.2, 0.25) is 0 Å². The average Bonchev–Trinajstić information content (AvgIpc) is 2.39. The number of aromatic carboxylic acids is 1. The average molecular weight is 249 g/mol. The predicted molar refractivity (Wildman–Crippen MR) is 64.6 cm³/mol. The van der Waals surface area contributed by atoms with Crippen molar-refractivity contribution < 1.29 is 14.7 Å². The molecular weight excluding hydrogens is 234 g/mol. The van der Waals surface area contributed by atoms with Gasteiger partial charge in [-0.3, -0.25) is 9.78 Å². The second-order valence-corrected chi connectivity index (χ2v) is 4.33. The van der Waals surface area contributed by atoms with Crippen molar-refractivity contribution in [2.75, 3.05) is 33.2 Å². The van der Waals surface area contributed by atoms with Crippen LogP contribution in [0.15, 0.2) is 18.3 Å². The molecule has 1 aliphatic heterocycles. The van der Waals surface area contributed by atoms with E-state index in [1.165, 1.54) is 18.3 Å². The molecule has 18 heavy (non-hydrogen) atoms. The second kappa shape index (κ2) is 5.14. The van der Waals surface area contributed by atoms with Gasteiger partial charge >= 0.3 is 5.97 Å². The van der Waals surface area contributed by atoms with Gasteiger partial charge in [0.25, 0.3) is 5.91 Å². The molecule has 1 aliphatic rings. The number of carbonyl (C=O) groups excluding carboxylic acids is 1. The SMILES string of the molecule is CN1CCN(C(=O)c2ccc(C(=O)O)cn2)CC1. The Bertz CT molecular complexity index is 450. The summed E-state index contributed by atoms with van der Waals surface area (Å²) in [7, 11) is 2.02. The molecule has 0 radical (unpaired) electrons. The van der Waals surface area contributed by atoms with E-state index in [0.29, 0.717) is 18.8 Å². The minimum absolute atomic E-state index is 0.0879. The Morgan fingerprint density at radius 1 is 1.22 bits per heavy atom. The molecule has 2 rings (SSSR count). The van der Waals surface area contributed by atoms with E-state index in [1.54, 1.807) is 4.90 Å². The molecule has 0 aliphatic carbocycles. The van der Waals surface area contributed by atoms with Crippen LogP contribution < -0.4 is 0 Å². The van der Waals surface area contributed by atoms with E-state index in [9.17, 15) is 9.59 Å². The lowest BCUT2D eigenvalue weighted by atomic mass is 10.2. The largest absolute Gasteiger partial charge is 0.478 e. The summed E-state index contributed by atoms with van der Waals surface area (Å²) < 4.78 is 0. The monoisotopic (exact) mass is 249 g/mol. The topological polar surface area (TPSA) is 73.7 Å². The van der Waals surface area contributed by atoms with Crippen LogP contribution in [0.2, 0.25) is 0 Å². The molecule has 0 aromatic carbocycles. The Kier molecular flexibility index (Phi) is 3.57. The minimum Gasteiger partial charge on any atom is -0.478 e. The predicted octanol–water partition coefficient (Wildman–Crippen LogP) is 0.167. The van der Waals surface area contributed by atoms with Crippen molar-refractivity contribution in [1.29, 1.82) is 0 Å². The summed E-state index contributed by atoms with van der Waals surface area (Å²) in [5, 5.41) is 8.75. The van der Waals surface area contributed by atoms with E-state index in [-0.39, 0.29) is 11.5 Å². The van der Waals surface area contributed by atoms with Gasteiger partial charge in [0.15, 0.2) is 0 Å². The fourth-order valence-corrected chi connectivity index (χ4v) is 1.82. The summed E-state index contributed by atoms with van der Waals surface area (Å²) in [6.07, 6.45) is 1.21. The van der Waals surface area contributed by atoms with Crippen LogP contribution in [0.5, 0.6) is 0 Å². The number of carbonyl (C=O) groups is 2. The number of carboxylic acids is 1. The Labute approximate surface area is 105 Å². The number of carboxylic acid groups (broad SMARTS) is 1. The number of nitrogens with zero attached hydrogens (tertiary/aromatic N) is 3. The summed E-state index contributed by atoms with van der Waals surface area (Å²) in [5.41, 5.74) is 0.384. The summed E-state index contributed by atoms with van der Waals surface area (Å²) in [4.78, 5) is 30.6. The number of hydrogen-bond donors (Lipinski definition) is 1.